The molecule has 0 spiro atoms. The molecule has 2 rings (SSSR count). The van der Waals surface area contributed by atoms with Gasteiger partial charge in [-0.1, -0.05) is 18.2 Å². The van der Waals surface area contributed by atoms with Crippen molar-refractivity contribution >= 4 is 35.1 Å². The largest absolute Gasteiger partial charge is 0.418 e. The smallest absolute Gasteiger partial charge is 0.338 e. The van der Waals surface area contributed by atoms with Gasteiger partial charge >= 0.3 is 12.2 Å². The standard InChI is InChI=1S/C19H20F3N3O2S/c1-13(26)24-14-8-9-17(16(12-14)19(20,21)22)25-18(27)23-10-5-11-28-15-6-3-2-4-7-15/h2-4,6-9,12H,5,10-11H2,1H3,(H,24,26)(H2,23,25,27). The van der Waals surface area contributed by atoms with Crippen molar-refractivity contribution in [3.63, 3.8) is 0 Å². The first kappa shape index (κ1) is 21.6. The van der Waals surface area contributed by atoms with E-state index in [-0.39, 0.29) is 11.4 Å². The zero-order valence-corrected chi connectivity index (χ0v) is 15.9. The van der Waals surface area contributed by atoms with Gasteiger partial charge in [0.15, 0.2) is 0 Å². The number of halogens is 3. The van der Waals surface area contributed by atoms with Crippen LogP contribution in [0.25, 0.3) is 0 Å². The van der Waals surface area contributed by atoms with Crippen LogP contribution in [-0.4, -0.2) is 24.2 Å². The molecular weight excluding hydrogens is 391 g/mol. The van der Waals surface area contributed by atoms with Gasteiger partial charge in [-0.2, -0.15) is 13.2 Å². The van der Waals surface area contributed by atoms with Gasteiger partial charge in [0.1, 0.15) is 0 Å². The first-order valence-electron chi connectivity index (χ1n) is 8.47. The number of rotatable bonds is 7. The lowest BCUT2D eigenvalue weighted by molar-refractivity contribution is -0.137. The normalized spacial score (nSPS) is 11.0. The highest BCUT2D eigenvalue weighted by atomic mass is 32.2. The average molecular weight is 411 g/mol. The Bertz CT molecular complexity index is 814. The van der Waals surface area contributed by atoms with Crippen molar-refractivity contribution < 1.29 is 22.8 Å². The molecule has 0 fully saturated rings. The number of carbonyl (C=O) groups excluding carboxylic acids is 2. The molecule has 150 valence electrons. The van der Waals surface area contributed by atoms with Crippen LogP contribution in [0.5, 0.6) is 0 Å². The fourth-order valence-corrected chi connectivity index (χ4v) is 3.19. The van der Waals surface area contributed by atoms with Crippen LogP contribution in [0.15, 0.2) is 53.4 Å². The summed E-state index contributed by atoms with van der Waals surface area (Å²) in [6.45, 7) is 1.53. The predicted molar refractivity (Wildman–Crippen MR) is 105 cm³/mol. The Kier molecular flexibility index (Phi) is 7.74. The quantitative estimate of drug-likeness (QED) is 0.445. The van der Waals surface area contributed by atoms with E-state index in [1.165, 1.54) is 13.0 Å². The maximum absolute atomic E-state index is 13.2. The molecular formula is C19H20F3N3O2S. The highest BCUT2D eigenvalue weighted by Crippen LogP contribution is 2.36. The number of carbonyl (C=O) groups is 2. The summed E-state index contributed by atoms with van der Waals surface area (Å²) in [5, 5.41) is 7.05. The number of nitrogens with one attached hydrogen (secondary N) is 3. The highest BCUT2D eigenvalue weighted by molar-refractivity contribution is 7.99. The monoisotopic (exact) mass is 411 g/mol. The van der Waals surface area contributed by atoms with Gasteiger partial charge in [-0.3, -0.25) is 4.79 Å². The molecule has 0 bridgehead atoms. The van der Waals surface area contributed by atoms with Gasteiger partial charge in [-0.25, -0.2) is 4.79 Å². The van der Waals surface area contributed by atoms with Gasteiger partial charge < -0.3 is 16.0 Å². The van der Waals surface area contributed by atoms with Crippen LogP contribution in [0.3, 0.4) is 0 Å². The molecule has 0 aliphatic heterocycles. The van der Waals surface area contributed by atoms with E-state index in [0.717, 1.165) is 22.8 Å². The Hall–Kier alpha value is -2.68. The molecule has 3 amide bonds. The van der Waals surface area contributed by atoms with E-state index >= 15 is 0 Å². The summed E-state index contributed by atoms with van der Waals surface area (Å²) in [5.41, 5.74) is -1.41. The SMILES string of the molecule is CC(=O)Nc1ccc(NC(=O)NCCCSc2ccccc2)c(C(F)(F)F)c1. The zero-order valence-electron chi connectivity index (χ0n) is 15.1. The molecule has 9 heteroatoms. The van der Waals surface area contributed by atoms with E-state index in [1.807, 2.05) is 30.3 Å². The second-order valence-electron chi connectivity index (χ2n) is 5.84. The van der Waals surface area contributed by atoms with Crippen LogP contribution in [0.2, 0.25) is 0 Å². The molecule has 3 N–H and O–H groups in total. The first-order chi connectivity index (χ1) is 13.3. The summed E-state index contributed by atoms with van der Waals surface area (Å²) in [5.74, 6) is 0.281. The van der Waals surface area contributed by atoms with E-state index in [4.69, 9.17) is 0 Å². The summed E-state index contributed by atoms with van der Waals surface area (Å²) in [4.78, 5) is 24.1. The molecule has 2 aromatic rings. The number of alkyl halides is 3. The van der Waals surface area contributed by atoms with Crippen molar-refractivity contribution in [3.8, 4) is 0 Å². The molecule has 2 aromatic carbocycles. The van der Waals surface area contributed by atoms with Gasteiger partial charge in [0.25, 0.3) is 0 Å². The van der Waals surface area contributed by atoms with E-state index in [0.29, 0.717) is 13.0 Å². The minimum absolute atomic E-state index is 0.00344. The number of hydrogen-bond donors (Lipinski definition) is 3. The summed E-state index contributed by atoms with van der Waals surface area (Å²) in [6.07, 6.45) is -4.01. The molecule has 0 atom stereocenters. The molecule has 0 saturated heterocycles. The summed E-state index contributed by atoms with van der Waals surface area (Å²) in [6, 6.07) is 12.2. The number of anilines is 2. The number of thioether (sulfide) groups is 1. The molecule has 28 heavy (non-hydrogen) atoms. The summed E-state index contributed by atoms with van der Waals surface area (Å²) in [7, 11) is 0. The highest BCUT2D eigenvalue weighted by Gasteiger charge is 2.34. The molecule has 0 saturated carbocycles. The van der Waals surface area contributed by atoms with E-state index in [1.54, 1.807) is 11.8 Å². The summed E-state index contributed by atoms with van der Waals surface area (Å²) >= 11 is 1.63. The van der Waals surface area contributed by atoms with Gasteiger partial charge in [-0.15, -0.1) is 11.8 Å². The molecule has 0 heterocycles. The number of urea groups is 1. The molecule has 5 nitrogen and oxygen atoms in total. The van der Waals surface area contributed by atoms with E-state index < -0.39 is 23.7 Å². The van der Waals surface area contributed by atoms with E-state index in [2.05, 4.69) is 16.0 Å². The Morgan fingerprint density at radius 1 is 1.04 bits per heavy atom. The molecule has 0 aromatic heterocycles. The third-order valence-corrected chi connectivity index (χ3v) is 4.61. The Morgan fingerprint density at radius 3 is 2.39 bits per heavy atom. The summed E-state index contributed by atoms with van der Waals surface area (Å²) < 4.78 is 39.7. The van der Waals surface area contributed by atoms with Crippen molar-refractivity contribution in [1.82, 2.24) is 5.32 Å². The Morgan fingerprint density at radius 2 is 1.75 bits per heavy atom. The zero-order chi connectivity index (χ0) is 20.6. The van der Waals surface area contributed by atoms with Crippen molar-refractivity contribution in [2.75, 3.05) is 22.9 Å². The molecule has 0 radical (unpaired) electrons. The third kappa shape index (κ3) is 7.15. The van der Waals surface area contributed by atoms with Crippen LogP contribution in [0.4, 0.5) is 29.3 Å². The van der Waals surface area contributed by atoms with Crippen molar-refractivity contribution in [2.24, 2.45) is 0 Å². The Balaban J connectivity index is 1.87. The predicted octanol–water partition coefficient (Wildman–Crippen LogP) is 4.97. The molecule has 0 unspecified atom stereocenters. The maximum atomic E-state index is 13.2. The van der Waals surface area contributed by atoms with Crippen LogP contribution < -0.4 is 16.0 Å². The van der Waals surface area contributed by atoms with Gasteiger partial charge in [0, 0.05) is 24.1 Å². The lowest BCUT2D eigenvalue weighted by Gasteiger charge is -2.16. The fourth-order valence-electron chi connectivity index (χ4n) is 2.32. The second kappa shape index (κ2) is 10.0. The van der Waals surface area contributed by atoms with Crippen LogP contribution in [0.1, 0.15) is 18.9 Å². The minimum atomic E-state index is -4.68. The number of hydrogen-bond acceptors (Lipinski definition) is 3. The van der Waals surface area contributed by atoms with Crippen molar-refractivity contribution in [2.45, 2.75) is 24.4 Å². The van der Waals surface area contributed by atoms with Crippen LogP contribution >= 0.6 is 11.8 Å². The van der Waals surface area contributed by atoms with E-state index in [9.17, 15) is 22.8 Å². The average Bonchev–Trinajstić information content (AvgIpc) is 2.62. The minimum Gasteiger partial charge on any atom is -0.338 e. The van der Waals surface area contributed by atoms with Crippen molar-refractivity contribution in [3.05, 3.63) is 54.1 Å². The van der Waals surface area contributed by atoms with Crippen LogP contribution in [-0.2, 0) is 11.0 Å². The van der Waals surface area contributed by atoms with Gasteiger partial charge in [0.05, 0.1) is 11.3 Å². The molecule has 0 aliphatic rings. The fraction of sp³-hybridized carbons (Fsp3) is 0.263. The topological polar surface area (TPSA) is 70.2 Å². The first-order valence-corrected chi connectivity index (χ1v) is 9.46. The van der Waals surface area contributed by atoms with Gasteiger partial charge in [0.2, 0.25) is 5.91 Å². The maximum Gasteiger partial charge on any atom is 0.418 e. The second-order valence-corrected chi connectivity index (χ2v) is 7.00. The number of amides is 3. The molecule has 0 aliphatic carbocycles. The lowest BCUT2D eigenvalue weighted by Crippen LogP contribution is -2.30. The Labute approximate surface area is 165 Å². The number of benzene rings is 2. The third-order valence-electron chi connectivity index (χ3n) is 3.51. The van der Waals surface area contributed by atoms with Gasteiger partial charge in [-0.05, 0) is 42.5 Å². The van der Waals surface area contributed by atoms with Crippen LogP contribution in [0, 0.1) is 0 Å². The lowest BCUT2D eigenvalue weighted by atomic mass is 10.1. The van der Waals surface area contributed by atoms with Crippen molar-refractivity contribution in [1.29, 1.82) is 0 Å².